The van der Waals surface area contributed by atoms with E-state index < -0.39 is 33.9 Å². The van der Waals surface area contributed by atoms with Gasteiger partial charge in [0.1, 0.15) is 0 Å². The molecule has 1 aliphatic heterocycles. The first-order valence-corrected chi connectivity index (χ1v) is 10.5. The van der Waals surface area contributed by atoms with Crippen molar-refractivity contribution in [2.45, 2.75) is 32.8 Å². The highest BCUT2D eigenvalue weighted by atomic mass is 35.5. The highest BCUT2D eigenvalue weighted by molar-refractivity contribution is 7.89. The summed E-state index contributed by atoms with van der Waals surface area (Å²) in [5, 5.41) is 3.20. The summed E-state index contributed by atoms with van der Waals surface area (Å²) >= 11 is 5.79. The Labute approximate surface area is 158 Å². The van der Waals surface area contributed by atoms with Crippen LogP contribution in [0, 0.1) is 5.92 Å². The standard InChI is InChI=1S/C17H23ClN2O5S/c1-3-26(23,24)20-10-8-13(9-11-20)17(22)25-12(2)16(21)19-15-6-4-14(18)5-7-15/h4-7,12-13H,3,8-11H2,1-2H3,(H,19,21). The second-order valence-corrected chi connectivity index (χ2v) is 8.84. The fourth-order valence-corrected chi connectivity index (χ4v) is 3.91. The lowest BCUT2D eigenvalue weighted by Crippen LogP contribution is -2.42. The van der Waals surface area contributed by atoms with Gasteiger partial charge in [-0.15, -0.1) is 0 Å². The van der Waals surface area contributed by atoms with Crippen molar-refractivity contribution in [3.05, 3.63) is 29.3 Å². The molecule has 1 aromatic rings. The molecule has 1 fully saturated rings. The fraction of sp³-hybridized carbons (Fsp3) is 0.529. The molecule has 144 valence electrons. The summed E-state index contributed by atoms with van der Waals surface area (Å²) in [6.45, 7) is 3.68. The van der Waals surface area contributed by atoms with Crippen molar-refractivity contribution in [2.75, 3.05) is 24.2 Å². The van der Waals surface area contributed by atoms with Crippen LogP contribution in [-0.4, -0.2) is 49.5 Å². The number of nitrogens with zero attached hydrogens (tertiary/aromatic N) is 1. The lowest BCUT2D eigenvalue weighted by Gasteiger charge is -2.30. The summed E-state index contributed by atoms with van der Waals surface area (Å²) in [4.78, 5) is 24.4. The van der Waals surface area contributed by atoms with Crippen LogP contribution in [0.25, 0.3) is 0 Å². The third-order valence-electron chi connectivity index (χ3n) is 4.32. The number of amides is 1. The van der Waals surface area contributed by atoms with Gasteiger partial charge in [-0.2, -0.15) is 0 Å². The average Bonchev–Trinajstić information content (AvgIpc) is 2.63. The number of carbonyl (C=O) groups excluding carboxylic acids is 2. The van der Waals surface area contributed by atoms with E-state index in [0.717, 1.165) is 0 Å². The highest BCUT2D eigenvalue weighted by Gasteiger charge is 2.32. The Morgan fingerprint density at radius 3 is 2.38 bits per heavy atom. The molecule has 0 bridgehead atoms. The number of esters is 1. The molecule has 0 spiro atoms. The molecule has 1 aliphatic rings. The largest absolute Gasteiger partial charge is 0.452 e. The number of rotatable bonds is 6. The van der Waals surface area contributed by atoms with Crippen molar-refractivity contribution in [1.29, 1.82) is 0 Å². The quantitative estimate of drug-likeness (QED) is 0.737. The van der Waals surface area contributed by atoms with Crippen LogP contribution in [0.1, 0.15) is 26.7 Å². The molecule has 0 radical (unpaired) electrons. The smallest absolute Gasteiger partial charge is 0.309 e. The first-order valence-electron chi connectivity index (χ1n) is 8.47. The van der Waals surface area contributed by atoms with Crippen molar-refractivity contribution in [3.8, 4) is 0 Å². The number of sulfonamides is 1. The molecule has 1 heterocycles. The van der Waals surface area contributed by atoms with E-state index in [4.69, 9.17) is 16.3 Å². The predicted octanol–water partition coefficient (Wildman–Crippen LogP) is 2.27. The molecule has 1 amide bonds. The number of halogens is 1. The Hall–Kier alpha value is -1.64. The minimum absolute atomic E-state index is 0.0457. The molecule has 0 aromatic heterocycles. The molecule has 0 aliphatic carbocycles. The maximum Gasteiger partial charge on any atom is 0.309 e. The number of hydrogen-bond donors (Lipinski definition) is 1. The summed E-state index contributed by atoms with van der Waals surface area (Å²) in [6, 6.07) is 6.59. The van der Waals surface area contributed by atoms with Crippen molar-refractivity contribution in [1.82, 2.24) is 4.31 Å². The van der Waals surface area contributed by atoms with Crippen LogP contribution in [0.2, 0.25) is 5.02 Å². The summed E-state index contributed by atoms with van der Waals surface area (Å²) in [5.41, 5.74) is 0.556. The Morgan fingerprint density at radius 1 is 1.27 bits per heavy atom. The molecule has 1 atom stereocenters. The summed E-state index contributed by atoms with van der Waals surface area (Å²) in [6.07, 6.45) is -0.164. The monoisotopic (exact) mass is 402 g/mol. The van der Waals surface area contributed by atoms with Gasteiger partial charge >= 0.3 is 5.97 Å². The number of piperidine rings is 1. The second kappa shape index (κ2) is 8.83. The van der Waals surface area contributed by atoms with E-state index in [2.05, 4.69) is 5.32 Å². The molecule has 26 heavy (non-hydrogen) atoms. The highest BCUT2D eigenvalue weighted by Crippen LogP contribution is 2.22. The second-order valence-electron chi connectivity index (χ2n) is 6.15. The SMILES string of the molecule is CCS(=O)(=O)N1CCC(C(=O)OC(C)C(=O)Nc2ccc(Cl)cc2)CC1. The van der Waals surface area contributed by atoms with E-state index in [0.29, 0.717) is 36.6 Å². The van der Waals surface area contributed by atoms with Gasteiger partial charge in [-0.1, -0.05) is 11.6 Å². The summed E-state index contributed by atoms with van der Waals surface area (Å²) in [5.74, 6) is -1.27. The topological polar surface area (TPSA) is 92.8 Å². The molecule has 1 unspecified atom stereocenters. The number of anilines is 1. The first-order chi connectivity index (χ1) is 12.2. The molecule has 1 aromatic carbocycles. The van der Waals surface area contributed by atoms with Crippen molar-refractivity contribution in [3.63, 3.8) is 0 Å². The number of carbonyl (C=O) groups is 2. The van der Waals surface area contributed by atoms with E-state index in [1.54, 1.807) is 31.2 Å². The zero-order valence-electron chi connectivity index (χ0n) is 14.8. The summed E-state index contributed by atoms with van der Waals surface area (Å²) in [7, 11) is -3.24. The molecule has 9 heteroatoms. The zero-order chi connectivity index (χ0) is 19.3. The Morgan fingerprint density at radius 2 is 1.85 bits per heavy atom. The van der Waals surface area contributed by atoms with Gasteiger partial charge in [0.15, 0.2) is 6.10 Å². The van der Waals surface area contributed by atoms with Gasteiger partial charge in [0.05, 0.1) is 11.7 Å². The number of nitrogens with one attached hydrogen (secondary N) is 1. The Balaban J connectivity index is 1.83. The van der Waals surface area contributed by atoms with E-state index in [9.17, 15) is 18.0 Å². The maximum atomic E-state index is 12.2. The van der Waals surface area contributed by atoms with Crippen LogP contribution >= 0.6 is 11.6 Å². The minimum atomic E-state index is -3.24. The molecule has 7 nitrogen and oxygen atoms in total. The van der Waals surface area contributed by atoms with Gasteiger partial charge < -0.3 is 10.1 Å². The van der Waals surface area contributed by atoms with Crippen molar-refractivity contribution >= 4 is 39.2 Å². The predicted molar refractivity (Wildman–Crippen MR) is 99.4 cm³/mol. The van der Waals surface area contributed by atoms with Crippen LogP contribution in [0.3, 0.4) is 0 Å². The van der Waals surface area contributed by atoms with Crippen LogP contribution in [0.5, 0.6) is 0 Å². The lowest BCUT2D eigenvalue weighted by atomic mass is 9.98. The lowest BCUT2D eigenvalue weighted by molar-refractivity contribution is -0.158. The van der Waals surface area contributed by atoms with Gasteiger partial charge in [-0.05, 0) is 51.0 Å². The first kappa shape index (κ1) is 20.7. The average molecular weight is 403 g/mol. The van der Waals surface area contributed by atoms with Gasteiger partial charge in [0.2, 0.25) is 10.0 Å². The zero-order valence-corrected chi connectivity index (χ0v) is 16.3. The number of hydrogen-bond acceptors (Lipinski definition) is 5. The molecule has 1 N–H and O–H groups in total. The van der Waals surface area contributed by atoms with Gasteiger partial charge in [-0.25, -0.2) is 12.7 Å². The molecular formula is C17H23ClN2O5S. The third-order valence-corrected chi connectivity index (χ3v) is 6.45. The van der Waals surface area contributed by atoms with Crippen LogP contribution < -0.4 is 5.32 Å². The fourth-order valence-electron chi connectivity index (χ4n) is 2.65. The van der Waals surface area contributed by atoms with Crippen LogP contribution in [-0.2, 0) is 24.3 Å². The maximum absolute atomic E-state index is 12.2. The Kier molecular flexibility index (Phi) is 7.02. The number of ether oxygens (including phenoxy) is 1. The summed E-state index contributed by atoms with van der Waals surface area (Å²) < 4.78 is 30.3. The van der Waals surface area contributed by atoms with E-state index in [1.165, 1.54) is 11.2 Å². The number of benzene rings is 1. The van der Waals surface area contributed by atoms with Gasteiger partial charge in [-0.3, -0.25) is 9.59 Å². The molecular weight excluding hydrogens is 380 g/mol. The van der Waals surface area contributed by atoms with E-state index in [-0.39, 0.29) is 5.75 Å². The van der Waals surface area contributed by atoms with Gasteiger partial charge in [0, 0.05) is 23.8 Å². The molecule has 1 saturated heterocycles. The van der Waals surface area contributed by atoms with E-state index in [1.807, 2.05) is 0 Å². The Bertz CT molecular complexity index is 743. The molecule has 2 rings (SSSR count). The van der Waals surface area contributed by atoms with Crippen LogP contribution in [0.15, 0.2) is 24.3 Å². The van der Waals surface area contributed by atoms with E-state index >= 15 is 0 Å². The minimum Gasteiger partial charge on any atom is -0.452 e. The van der Waals surface area contributed by atoms with Gasteiger partial charge in [0.25, 0.3) is 5.91 Å². The third kappa shape index (κ3) is 5.43. The van der Waals surface area contributed by atoms with Crippen molar-refractivity contribution in [2.24, 2.45) is 5.92 Å². The molecule has 0 saturated carbocycles. The van der Waals surface area contributed by atoms with Crippen molar-refractivity contribution < 1.29 is 22.7 Å². The van der Waals surface area contributed by atoms with Crippen LogP contribution in [0.4, 0.5) is 5.69 Å². The normalized spacial score (nSPS) is 17.5.